The maximum Gasteiger partial charge on any atom is 0.264 e. The molecule has 2 unspecified atom stereocenters. The molecule has 2 amide bonds. The van der Waals surface area contributed by atoms with Crippen molar-refractivity contribution in [1.82, 2.24) is 10.2 Å². The molecule has 7 nitrogen and oxygen atoms in total. The summed E-state index contributed by atoms with van der Waals surface area (Å²) in [6.07, 6.45) is 0.728. The molecule has 3 rings (SSSR count). The molecule has 0 heterocycles. The number of carbonyl (C=O) groups is 2. The van der Waals surface area contributed by atoms with E-state index in [1.165, 1.54) is 17.0 Å². The highest BCUT2D eigenvalue weighted by Crippen LogP contribution is 2.29. The molecule has 0 saturated heterocycles. The van der Waals surface area contributed by atoms with Crippen molar-refractivity contribution in [2.24, 2.45) is 0 Å². The number of carbonyl (C=O) groups excluding carboxylic acids is 2. The molecule has 0 saturated carbocycles. The van der Waals surface area contributed by atoms with Crippen LogP contribution in [0.1, 0.15) is 49.4 Å². The van der Waals surface area contributed by atoms with Crippen LogP contribution in [0.5, 0.6) is 0 Å². The standard InChI is InChI=1S/C31H38ClN3O4S/c1-7-24(5)33-31(37)25(6)34(19-26-10-8-9-11-28(26)32)30(36)20-35(29-17-14-22(3)18-23(29)4)40(38,39)27-15-12-21(2)13-16-27/h8-18,24-25H,7,19-20H2,1-6H3,(H,33,37). The number of benzene rings is 3. The maximum atomic E-state index is 14.1. The topological polar surface area (TPSA) is 86.8 Å². The molecular weight excluding hydrogens is 546 g/mol. The van der Waals surface area contributed by atoms with Crippen molar-refractivity contribution in [3.8, 4) is 0 Å². The summed E-state index contributed by atoms with van der Waals surface area (Å²) >= 11 is 6.42. The number of anilines is 1. The minimum Gasteiger partial charge on any atom is -0.352 e. The van der Waals surface area contributed by atoms with Gasteiger partial charge < -0.3 is 10.2 Å². The van der Waals surface area contributed by atoms with E-state index in [1.807, 2.05) is 46.8 Å². The van der Waals surface area contributed by atoms with E-state index in [4.69, 9.17) is 11.6 Å². The van der Waals surface area contributed by atoms with Gasteiger partial charge in [0.15, 0.2) is 0 Å². The van der Waals surface area contributed by atoms with Crippen molar-refractivity contribution in [2.75, 3.05) is 10.8 Å². The highest BCUT2D eigenvalue weighted by molar-refractivity contribution is 7.92. The van der Waals surface area contributed by atoms with Crippen LogP contribution in [0, 0.1) is 20.8 Å². The normalized spacial score (nSPS) is 12.9. The van der Waals surface area contributed by atoms with Crippen LogP contribution in [-0.4, -0.2) is 43.8 Å². The van der Waals surface area contributed by atoms with Crippen molar-refractivity contribution >= 4 is 39.1 Å². The predicted octanol–water partition coefficient (Wildman–Crippen LogP) is 5.79. The molecule has 0 aromatic heterocycles. The van der Waals surface area contributed by atoms with Crippen molar-refractivity contribution in [2.45, 2.75) is 71.5 Å². The molecule has 0 fully saturated rings. The van der Waals surface area contributed by atoms with Crippen LogP contribution in [0.2, 0.25) is 5.02 Å². The Morgan fingerprint density at radius 3 is 2.15 bits per heavy atom. The Morgan fingerprint density at radius 2 is 1.55 bits per heavy atom. The van der Waals surface area contributed by atoms with E-state index in [1.54, 1.807) is 49.4 Å². The van der Waals surface area contributed by atoms with Crippen molar-refractivity contribution < 1.29 is 18.0 Å². The number of hydrogen-bond acceptors (Lipinski definition) is 4. The monoisotopic (exact) mass is 583 g/mol. The van der Waals surface area contributed by atoms with Crippen molar-refractivity contribution in [3.63, 3.8) is 0 Å². The first-order valence-electron chi connectivity index (χ1n) is 13.3. The first kappa shape index (κ1) is 31.2. The van der Waals surface area contributed by atoms with Crippen LogP contribution >= 0.6 is 11.6 Å². The van der Waals surface area contributed by atoms with Crippen LogP contribution < -0.4 is 9.62 Å². The van der Waals surface area contributed by atoms with E-state index in [0.29, 0.717) is 21.8 Å². The molecule has 2 atom stereocenters. The zero-order valence-electron chi connectivity index (χ0n) is 23.9. The van der Waals surface area contributed by atoms with Gasteiger partial charge >= 0.3 is 0 Å². The largest absolute Gasteiger partial charge is 0.352 e. The maximum absolute atomic E-state index is 14.1. The van der Waals surface area contributed by atoms with Crippen LogP contribution in [0.25, 0.3) is 0 Å². The van der Waals surface area contributed by atoms with Gasteiger partial charge in [-0.05, 0) is 76.4 Å². The van der Waals surface area contributed by atoms with E-state index in [-0.39, 0.29) is 23.4 Å². The average molecular weight is 584 g/mol. The molecule has 214 valence electrons. The molecule has 3 aromatic carbocycles. The minimum absolute atomic E-state index is 0.0406. The third-order valence-corrected chi connectivity index (χ3v) is 9.12. The fourth-order valence-electron chi connectivity index (χ4n) is 4.29. The van der Waals surface area contributed by atoms with Gasteiger partial charge in [0.1, 0.15) is 12.6 Å². The van der Waals surface area contributed by atoms with E-state index in [0.717, 1.165) is 21.9 Å². The number of hydrogen-bond donors (Lipinski definition) is 1. The second-order valence-corrected chi connectivity index (χ2v) is 12.5. The summed E-state index contributed by atoms with van der Waals surface area (Å²) in [5, 5.41) is 3.38. The fourth-order valence-corrected chi connectivity index (χ4v) is 5.97. The molecule has 0 radical (unpaired) electrons. The third-order valence-electron chi connectivity index (χ3n) is 6.98. The quantitative estimate of drug-likeness (QED) is 0.309. The molecule has 0 aliphatic carbocycles. The third kappa shape index (κ3) is 7.43. The average Bonchev–Trinajstić information content (AvgIpc) is 2.91. The summed E-state index contributed by atoms with van der Waals surface area (Å²) in [4.78, 5) is 28.7. The van der Waals surface area contributed by atoms with Crippen LogP contribution in [-0.2, 0) is 26.2 Å². The summed E-state index contributed by atoms with van der Waals surface area (Å²) in [7, 11) is -4.13. The smallest absolute Gasteiger partial charge is 0.264 e. The Morgan fingerprint density at radius 1 is 0.925 bits per heavy atom. The molecular formula is C31H38ClN3O4S. The summed E-state index contributed by atoms with van der Waals surface area (Å²) in [5.41, 5.74) is 3.65. The lowest BCUT2D eigenvalue weighted by atomic mass is 10.1. The second kappa shape index (κ2) is 13.3. The first-order chi connectivity index (χ1) is 18.8. The van der Waals surface area contributed by atoms with Gasteiger partial charge in [-0.3, -0.25) is 13.9 Å². The summed E-state index contributed by atoms with van der Waals surface area (Å²) in [6, 6.07) is 18.0. The lowest BCUT2D eigenvalue weighted by molar-refractivity contribution is -0.139. The number of nitrogens with one attached hydrogen (secondary N) is 1. The lowest BCUT2D eigenvalue weighted by Crippen LogP contribution is -2.52. The molecule has 0 aliphatic rings. The van der Waals surface area contributed by atoms with E-state index < -0.39 is 28.5 Å². The summed E-state index contributed by atoms with van der Waals surface area (Å²) in [5.74, 6) is -0.850. The highest BCUT2D eigenvalue weighted by Gasteiger charge is 2.33. The van der Waals surface area contributed by atoms with Gasteiger partial charge in [0, 0.05) is 17.6 Å². The number of amides is 2. The van der Waals surface area contributed by atoms with Gasteiger partial charge in [-0.15, -0.1) is 0 Å². The number of nitrogens with zero attached hydrogens (tertiary/aromatic N) is 2. The van der Waals surface area contributed by atoms with Gasteiger partial charge in [-0.25, -0.2) is 8.42 Å². The van der Waals surface area contributed by atoms with Gasteiger partial charge in [0.25, 0.3) is 10.0 Å². The Hall–Kier alpha value is -3.36. The van der Waals surface area contributed by atoms with Crippen LogP contribution in [0.3, 0.4) is 0 Å². The molecule has 3 aromatic rings. The minimum atomic E-state index is -4.13. The predicted molar refractivity (Wildman–Crippen MR) is 161 cm³/mol. The number of sulfonamides is 1. The second-order valence-electron chi connectivity index (χ2n) is 10.2. The Kier molecular flexibility index (Phi) is 10.4. The fraction of sp³-hybridized carbons (Fsp3) is 0.355. The van der Waals surface area contributed by atoms with Gasteiger partial charge in [0.2, 0.25) is 11.8 Å². The van der Waals surface area contributed by atoms with Crippen LogP contribution in [0.4, 0.5) is 5.69 Å². The van der Waals surface area contributed by atoms with E-state index in [2.05, 4.69) is 5.32 Å². The Labute approximate surface area is 243 Å². The molecule has 1 N–H and O–H groups in total. The molecule has 0 spiro atoms. The molecule has 0 bridgehead atoms. The van der Waals surface area contributed by atoms with Gasteiger partial charge in [0.05, 0.1) is 10.6 Å². The molecule has 0 aliphatic heterocycles. The number of rotatable bonds is 11. The van der Waals surface area contributed by atoms with Gasteiger partial charge in [-0.2, -0.15) is 0 Å². The summed E-state index contributed by atoms with van der Waals surface area (Å²) < 4.78 is 29.1. The number of aryl methyl sites for hydroxylation is 3. The SMILES string of the molecule is CCC(C)NC(=O)C(C)N(Cc1ccccc1Cl)C(=O)CN(c1ccc(C)cc1C)S(=O)(=O)c1ccc(C)cc1. The Balaban J connectivity index is 2.07. The zero-order chi connectivity index (χ0) is 29.6. The van der Waals surface area contributed by atoms with Crippen molar-refractivity contribution in [3.05, 3.63) is 94.0 Å². The molecule has 9 heteroatoms. The molecule has 40 heavy (non-hydrogen) atoms. The zero-order valence-corrected chi connectivity index (χ0v) is 25.5. The summed E-state index contributed by atoms with van der Waals surface area (Å²) in [6.45, 7) is 10.6. The van der Waals surface area contributed by atoms with Crippen molar-refractivity contribution in [1.29, 1.82) is 0 Å². The number of halogens is 1. The van der Waals surface area contributed by atoms with Gasteiger partial charge in [-0.1, -0.05) is 72.1 Å². The highest BCUT2D eigenvalue weighted by atomic mass is 35.5. The van der Waals surface area contributed by atoms with E-state index in [9.17, 15) is 18.0 Å². The van der Waals surface area contributed by atoms with Crippen LogP contribution in [0.15, 0.2) is 71.6 Å². The first-order valence-corrected chi connectivity index (χ1v) is 15.2. The lowest BCUT2D eigenvalue weighted by Gasteiger charge is -2.33. The van der Waals surface area contributed by atoms with E-state index >= 15 is 0 Å². The Bertz CT molecular complexity index is 1460.